The molecule has 8 nitrogen and oxygen atoms in total. The minimum Gasteiger partial charge on any atom is -0.367 e. The zero-order valence-electron chi connectivity index (χ0n) is 19.0. The van der Waals surface area contributed by atoms with Gasteiger partial charge in [0.15, 0.2) is 23.1 Å². The second kappa shape index (κ2) is 9.52. The Kier molecular flexibility index (Phi) is 6.43. The van der Waals surface area contributed by atoms with E-state index < -0.39 is 15.8 Å². The van der Waals surface area contributed by atoms with Crippen molar-refractivity contribution in [2.45, 2.75) is 24.7 Å². The highest BCUT2D eigenvalue weighted by molar-refractivity contribution is 7.90. The van der Waals surface area contributed by atoms with Crippen LogP contribution in [0.2, 0.25) is 5.02 Å². The minimum atomic E-state index is -3.97. The number of hydrogen-bond donors (Lipinski definition) is 2. The van der Waals surface area contributed by atoms with E-state index in [1.807, 2.05) is 6.92 Å². The number of aryl methyl sites for hydroxylation is 1. The third-order valence-corrected chi connectivity index (χ3v) is 7.97. The summed E-state index contributed by atoms with van der Waals surface area (Å²) in [7, 11) is -3.97. The van der Waals surface area contributed by atoms with E-state index in [9.17, 15) is 12.8 Å². The number of nitrogens with zero attached hydrogens (tertiary/aromatic N) is 4. The second-order valence-electron chi connectivity index (χ2n) is 8.66. The van der Waals surface area contributed by atoms with Crippen molar-refractivity contribution in [1.29, 1.82) is 0 Å². The van der Waals surface area contributed by atoms with Gasteiger partial charge < -0.3 is 10.6 Å². The van der Waals surface area contributed by atoms with Gasteiger partial charge in [-0.2, -0.15) is 0 Å². The van der Waals surface area contributed by atoms with E-state index >= 15 is 0 Å². The third-order valence-electron chi connectivity index (χ3n) is 6.10. The number of rotatable bonds is 6. The van der Waals surface area contributed by atoms with Crippen LogP contribution in [0.5, 0.6) is 0 Å². The fourth-order valence-electron chi connectivity index (χ4n) is 4.20. The molecule has 11 heteroatoms. The molecule has 0 unspecified atom stereocenters. The maximum atomic E-state index is 14.5. The van der Waals surface area contributed by atoms with Gasteiger partial charge >= 0.3 is 0 Å². The monoisotopic (exact) mass is 514 g/mol. The maximum absolute atomic E-state index is 14.5. The largest absolute Gasteiger partial charge is 0.367 e. The van der Waals surface area contributed by atoms with Crippen LogP contribution in [0.3, 0.4) is 0 Å². The summed E-state index contributed by atoms with van der Waals surface area (Å²) in [6.45, 7) is 4.30. The van der Waals surface area contributed by atoms with Crippen molar-refractivity contribution >= 4 is 38.5 Å². The molecule has 1 aromatic carbocycles. The highest BCUT2D eigenvalue weighted by Crippen LogP contribution is 2.32. The molecule has 2 N–H and O–H groups in total. The van der Waals surface area contributed by atoms with Crippen LogP contribution in [0.15, 0.2) is 53.8 Å². The van der Waals surface area contributed by atoms with E-state index in [-0.39, 0.29) is 22.2 Å². The maximum Gasteiger partial charge on any atom is 0.269 e. The molecule has 1 aliphatic rings. The number of aromatic nitrogens is 4. The average molecular weight is 515 g/mol. The topological polar surface area (TPSA) is 102 Å². The molecule has 0 amide bonds. The molecule has 4 heterocycles. The Bertz CT molecular complexity index is 1480. The first-order valence-electron chi connectivity index (χ1n) is 11.3. The van der Waals surface area contributed by atoms with Crippen LogP contribution in [0.1, 0.15) is 18.4 Å². The van der Waals surface area contributed by atoms with Gasteiger partial charge in [-0.25, -0.2) is 31.7 Å². The molecule has 1 atom stereocenters. The third kappa shape index (κ3) is 4.73. The molecule has 1 aliphatic heterocycles. The first kappa shape index (κ1) is 23.7. The van der Waals surface area contributed by atoms with Crippen molar-refractivity contribution in [3.8, 4) is 11.4 Å². The molecule has 1 saturated heterocycles. The van der Waals surface area contributed by atoms with Crippen LogP contribution in [-0.4, -0.2) is 47.0 Å². The fraction of sp³-hybridized carbons (Fsp3) is 0.292. The van der Waals surface area contributed by atoms with Crippen LogP contribution in [0, 0.1) is 18.7 Å². The predicted octanol–water partition coefficient (Wildman–Crippen LogP) is 4.24. The zero-order chi connectivity index (χ0) is 24.6. The molecule has 4 aromatic rings. The summed E-state index contributed by atoms with van der Waals surface area (Å²) in [5.74, 6) is 0.0243. The Labute approximate surface area is 207 Å². The standard InChI is InChI=1S/C24H24ClFN6O2S/c1-15-4-6-18(7-5-15)35(33,34)32-14-20(19-9-17(25)12-30-24(19)32)22-29-13-21(26)23(31-22)28-11-16-3-2-8-27-10-16/h4-7,9,12-14,16,27H,2-3,8,10-11H2,1H3,(H,28,29,31)/t16-/m0/s1. The molecule has 0 bridgehead atoms. The molecule has 35 heavy (non-hydrogen) atoms. The number of pyridine rings is 1. The summed E-state index contributed by atoms with van der Waals surface area (Å²) in [4.78, 5) is 12.9. The molecule has 182 valence electrons. The normalized spacial score (nSPS) is 16.5. The van der Waals surface area contributed by atoms with Crippen LogP contribution in [-0.2, 0) is 10.0 Å². The van der Waals surface area contributed by atoms with E-state index in [1.54, 1.807) is 30.3 Å². The first-order valence-corrected chi connectivity index (χ1v) is 13.1. The highest BCUT2D eigenvalue weighted by Gasteiger charge is 2.24. The molecule has 0 spiro atoms. The minimum absolute atomic E-state index is 0.0675. The van der Waals surface area contributed by atoms with Gasteiger partial charge in [0, 0.05) is 29.9 Å². The Hall–Kier alpha value is -3.08. The van der Waals surface area contributed by atoms with E-state index in [4.69, 9.17) is 11.6 Å². The summed E-state index contributed by atoms with van der Waals surface area (Å²) in [6, 6.07) is 8.15. The summed E-state index contributed by atoms with van der Waals surface area (Å²) in [6.07, 6.45) is 6.00. The predicted molar refractivity (Wildman–Crippen MR) is 134 cm³/mol. The lowest BCUT2D eigenvalue weighted by molar-refractivity contribution is 0.392. The summed E-state index contributed by atoms with van der Waals surface area (Å²) < 4.78 is 42.5. The highest BCUT2D eigenvalue weighted by atomic mass is 35.5. The first-order chi connectivity index (χ1) is 16.8. The van der Waals surface area contributed by atoms with E-state index in [2.05, 4.69) is 25.6 Å². The molecular formula is C24H24ClFN6O2S. The number of anilines is 1. The lowest BCUT2D eigenvalue weighted by Crippen LogP contribution is -2.33. The lowest BCUT2D eigenvalue weighted by Gasteiger charge is -2.23. The van der Waals surface area contributed by atoms with Crippen molar-refractivity contribution in [1.82, 2.24) is 24.2 Å². The molecular weight excluding hydrogens is 491 g/mol. The van der Waals surface area contributed by atoms with E-state index in [1.165, 1.54) is 12.4 Å². The Morgan fingerprint density at radius 2 is 2.03 bits per heavy atom. The van der Waals surface area contributed by atoms with Crippen LogP contribution >= 0.6 is 11.6 Å². The number of fused-ring (bicyclic) bond motifs is 1. The lowest BCUT2D eigenvalue weighted by atomic mass is 10.00. The van der Waals surface area contributed by atoms with Crippen molar-refractivity contribution < 1.29 is 12.8 Å². The van der Waals surface area contributed by atoms with Gasteiger partial charge in [-0.1, -0.05) is 29.3 Å². The summed E-state index contributed by atoms with van der Waals surface area (Å²) in [5, 5.41) is 7.20. The zero-order valence-corrected chi connectivity index (χ0v) is 20.6. The molecule has 0 aliphatic carbocycles. The second-order valence-corrected chi connectivity index (χ2v) is 10.9. The molecule has 5 rings (SSSR count). The van der Waals surface area contributed by atoms with Gasteiger partial charge in [0.1, 0.15) is 0 Å². The van der Waals surface area contributed by atoms with Gasteiger partial charge in [-0.3, -0.25) is 0 Å². The van der Waals surface area contributed by atoms with E-state index in [0.29, 0.717) is 28.4 Å². The summed E-state index contributed by atoms with van der Waals surface area (Å²) in [5.41, 5.74) is 1.50. The number of benzene rings is 1. The number of halogens is 2. The van der Waals surface area contributed by atoms with Crippen molar-refractivity contribution in [2.24, 2.45) is 5.92 Å². The number of piperidine rings is 1. The van der Waals surface area contributed by atoms with Gasteiger partial charge in [0.25, 0.3) is 10.0 Å². The Morgan fingerprint density at radius 1 is 1.23 bits per heavy atom. The van der Waals surface area contributed by atoms with Gasteiger partial charge in [0.05, 0.1) is 16.1 Å². The van der Waals surface area contributed by atoms with Crippen molar-refractivity contribution in [2.75, 3.05) is 25.0 Å². The quantitative estimate of drug-likeness (QED) is 0.396. The van der Waals surface area contributed by atoms with Crippen molar-refractivity contribution in [3.05, 3.63) is 65.3 Å². The van der Waals surface area contributed by atoms with Crippen LogP contribution in [0.4, 0.5) is 10.2 Å². The number of hydrogen-bond acceptors (Lipinski definition) is 7. The van der Waals surface area contributed by atoms with E-state index in [0.717, 1.165) is 41.7 Å². The smallest absolute Gasteiger partial charge is 0.269 e. The average Bonchev–Trinajstić information content (AvgIpc) is 3.24. The molecule has 0 saturated carbocycles. The van der Waals surface area contributed by atoms with Gasteiger partial charge in [-0.15, -0.1) is 0 Å². The van der Waals surface area contributed by atoms with Crippen LogP contribution in [0.25, 0.3) is 22.4 Å². The Balaban J connectivity index is 1.57. The SMILES string of the molecule is Cc1ccc(S(=O)(=O)n2cc(-c3ncc(F)c(NC[C@H]4CCCNC4)n3)c3cc(Cl)cnc32)cc1. The molecule has 0 radical (unpaired) electrons. The van der Waals surface area contributed by atoms with Gasteiger partial charge in [0.2, 0.25) is 0 Å². The Morgan fingerprint density at radius 3 is 2.77 bits per heavy atom. The van der Waals surface area contributed by atoms with Gasteiger partial charge in [-0.05, 0) is 57.0 Å². The molecule has 3 aromatic heterocycles. The summed E-state index contributed by atoms with van der Waals surface area (Å²) >= 11 is 6.19. The van der Waals surface area contributed by atoms with Crippen molar-refractivity contribution in [3.63, 3.8) is 0 Å². The van der Waals surface area contributed by atoms with Crippen LogP contribution < -0.4 is 10.6 Å². The molecule has 1 fully saturated rings. The fourth-order valence-corrected chi connectivity index (χ4v) is 5.68. The number of nitrogens with one attached hydrogen (secondary N) is 2.